The fourth-order valence-electron chi connectivity index (χ4n) is 2.07. The van der Waals surface area contributed by atoms with E-state index in [9.17, 15) is 0 Å². The molecule has 112 valence electrons. The highest BCUT2D eigenvalue weighted by atomic mass is 16.5. The summed E-state index contributed by atoms with van der Waals surface area (Å²) in [6.45, 7) is 5.15. The zero-order valence-corrected chi connectivity index (χ0v) is 12.7. The molecule has 1 heterocycles. The molecule has 4 nitrogen and oxygen atoms in total. The summed E-state index contributed by atoms with van der Waals surface area (Å²) < 4.78 is 5.78. The van der Waals surface area contributed by atoms with Crippen LogP contribution in [-0.4, -0.2) is 16.6 Å². The van der Waals surface area contributed by atoms with Crippen LogP contribution < -0.4 is 10.5 Å². The summed E-state index contributed by atoms with van der Waals surface area (Å²) in [6, 6.07) is 10.4. The molecule has 2 rings (SSSR count). The lowest BCUT2D eigenvalue weighted by atomic mass is 10.1. The van der Waals surface area contributed by atoms with Crippen LogP contribution in [0.1, 0.15) is 43.3 Å². The number of hydrogen-bond acceptors (Lipinski definition) is 4. The second-order valence-corrected chi connectivity index (χ2v) is 5.34. The van der Waals surface area contributed by atoms with Gasteiger partial charge in [0.2, 0.25) is 0 Å². The van der Waals surface area contributed by atoms with Crippen LogP contribution in [0.15, 0.2) is 36.5 Å². The van der Waals surface area contributed by atoms with Crippen molar-refractivity contribution in [2.45, 2.75) is 39.2 Å². The number of rotatable bonds is 7. The highest BCUT2D eigenvalue weighted by Crippen LogP contribution is 2.18. The average molecular weight is 285 g/mol. The topological polar surface area (TPSA) is 61.0 Å². The number of ether oxygens (including phenoxy) is 1. The van der Waals surface area contributed by atoms with Gasteiger partial charge in [0.05, 0.1) is 18.5 Å². The van der Waals surface area contributed by atoms with E-state index in [2.05, 4.69) is 48.1 Å². The lowest BCUT2D eigenvalue weighted by Crippen LogP contribution is -2.10. The van der Waals surface area contributed by atoms with Crippen molar-refractivity contribution in [1.29, 1.82) is 0 Å². The lowest BCUT2D eigenvalue weighted by molar-refractivity contribution is 0.304. The van der Waals surface area contributed by atoms with Crippen molar-refractivity contribution in [3.05, 3.63) is 53.6 Å². The van der Waals surface area contributed by atoms with Crippen LogP contribution in [0, 0.1) is 0 Å². The van der Waals surface area contributed by atoms with Crippen molar-refractivity contribution in [3.63, 3.8) is 0 Å². The van der Waals surface area contributed by atoms with E-state index in [1.165, 1.54) is 5.56 Å². The summed E-state index contributed by atoms with van der Waals surface area (Å²) >= 11 is 0. The third kappa shape index (κ3) is 4.53. The van der Waals surface area contributed by atoms with Gasteiger partial charge in [0, 0.05) is 12.5 Å². The molecule has 21 heavy (non-hydrogen) atoms. The van der Waals surface area contributed by atoms with E-state index in [1.807, 2.05) is 6.07 Å². The molecule has 4 heteroatoms. The van der Waals surface area contributed by atoms with E-state index in [0.717, 1.165) is 24.4 Å². The van der Waals surface area contributed by atoms with Crippen LogP contribution in [0.25, 0.3) is 0 Å². The van der Waals surface area contributed by atoms with Crippen molar-refractivity contribution in [3.8, 4) is 5.75 Å². The van der Waals surface area contributed by atoms with Gasteiger partial charge in [-0.3, -0.25) is 0 Å². The summed E-state index contributed by atoms with van der Waals surface area (Å²) in [5, 5.41) is 0. The molecule has 0 spiro atoms. The molecule has 2 aromatic rings. The molecule has 0 aliphatic carbocycles. The quantitative estimate of drug-likeness (QED) is 0.794. The molecule has 0 saturated heterocycles. The molecular weight excluding hydrogens is 262 g/mol. The number of aryl methyl sites for hydroxylation is 1. The first-order valence-corrected chi connectivity index (χ1v) is 7.43. The number of nitrogens with zero attached hydrogens (tertiary/aromatic N) is 2. The summed E-state index contributed by atoms with van der Waals surface area (Å²) in [4.78, 5) is 8.80. The number of benzene rings is 1. The Labute approximate surface area is 126 Å². The zero-order valence-electron chi connectivity index (χ0n) is 12.7. The van der Waals surface area contributed by atoms with Gasteiger partial charge in [0.15, 0.2) is 5.75 Å². The monoisotopic (exact) mass is 285 g/mol. The van der Waals surface area contributed by atoms with Gasteiger partial charge < -0.3 is 10.5 Å². The molecule has 0 fully saturated rings. The van der Waals surface area contributed by atoms with Crippen LogP contribution in [0.4, 0.5) is 0 Å². The third-order valence-corrected chi connectivity index (χ3v) is 3.27. The second-order valence-electron chi connectivity index (χ2n) is 5.34. The Morgan fingerprint density at radius 2 is 1.95 bits per heavy atom. The standard InChI is InChI=1S/C17H23N3O/c1-13(2)17-19-12-16(15(11-18)20-17)21-10-6-9-14-7-4-3-5-8-14/h3-5,7-8,12-13H,6,9-11,18H2,1-2H3. The van der Waals surface area contributed by atoms with E-state index in [-0.39, 0.29) is 0 Å². The first-order valence-electron chi connectivity index (χ1n) is 7.43. The SMILES string of the molecule is CC(C)c1ncc(OCCCc2ccccc2)c(CN)n1. The Bertz CT molecular complexity index is 555. The van der Waals surface area contributed by atoms with Crippen LogP contribution in [-0.2, 0) is 13.0 Å². The van der Waals surface area contributed by atoms with Crippen LogP contribution in [0.3, 0.4) is 0 Å². The molecule has 0 atom stereocenters. The van der Waals surface area contributed by atoms with Gasteiger partial charge in [-0.25, -0.2) is 9.97 Å². The Hall–Kier alpha value is -1.94. The van der Waals surface area contributed by atoms with E-state index in [1.54, 1.807) is 6.20 Å². The van der Waals surface area contributed by atoms with Crippen molar-refractivity contribution in [1.82, 2.24) is 9.97 Å². The number of aromatic nitrogens is 2. The predicted octanol–water partition coefficient (Wildman–Crippen LogP) is 3.07. The highest BCUT2D eigenvalue weighted by molar-refractivity contribution is 5.25. The average Bonchev–Trinajstić information content (AvgIpc) is 2.52. The van der Waals surface area contributed by atoms with E-state index >= 15 is 0 Å². The number of nitrogens with two attached hydrogens (primary N) is 1. The van der Waals surface area contributed by atoms with Crippen molar-refractivity contribution < 1.29 is 4.74 Å². The maximum atomic E-state index is 5.78. The van der Waals surface area contributed by atoms with Gasteiger partial charge in [-0.15, -0.1) is 0 Å². The fraction of sp³-hybridized carbons (Fsp3) is 0.412. The van der Waals surface area contributed by atoms with E-state index in [4.69, 9.17) is 10.5 Å². The van der Waals surface area contributed by atoms with Gasteiger partial charge in [0.25, 0.3) is 0 Å². The predicted molar refractivity (Wildman–Crippen MR) is 84.3 cm³/mol. The Morgan fingerprint density at radius 3 is 2.62 bits per heavy atom. The first kappa shape index (κ1) is 15.4. The Kier molecular flexibility index (Phi) is 5.69. The van der Waals surface area contributed by atoms with Gasteiger partial charge in [-0.2, -0.15) is 0 Å². The minimum absolute atomic E-state index is 0.294. The van der Waals surface area contributed by atoms with Crippen molar-refractivity contribution in [2.75, 3.05) is 6.61 Å². The number of hydrogen-bond donors (Lipinski definition) is 1. The van der Waals surface area contributed by atoms with E-state index < -0.39 is 0 Å². The molecule has 0 bridgehead atoms. The molecule has 0 amide bonds. The molecule has 1 aromatic carbocycles. The second kappa shape index (κ2) is 7.74. The van der Waals surface area contributed by atoms with Gasteiger partial charge in [-0.1, -0.05) is 44.2 Å². The van der Waals surface area contributed by atoms with Crippen molar-refractivity contribution in [2.24, 2.45) is 5.73 Å². The van der Waals surface area contributed by atoms with Crippen molar-refractivity contribution >= 4 is 0 Å². The lowest BCUT2D eigenvalue weighted by Gasteiger charge is -2.11. The Morgan fingerprint density at radius 1 is 1.19 bits per heavy atom. The van der Waals surface area contributed by atoms with Crippen LogP contribution in [0.5, 0.6) is 5.75 Å². The maximum Gasteiger partial charge on any atom is 0.160 e. The van der Waals surface area contributed by atoms with Crippen LogP contribution in [0.2, 0.25) is 0 Å². The zero-order chi connectivity index (χ0) is 15.1. The minimum Gasteiger partial charge on any atom is -0.490 e. The summed E-state index contributed by atoms with van der Waals surface area (Å²) in [5.41, 5.74) is 7.86. The van der Waals surface area contributed by atoms with Gasteiger partial charge in [-0.05, 0) is 18.4 Å². The molecule has 0 saturated carbocycles. The third-order valence-electron chi connectivity index (χ3n) is 3.27. The molecule has 0 unspecified atom stereocenters. The molecule has 1 aromatic heterocycles. The van der Waals surface area contributed by atoms with Gasteiger partial charge in [0.1, 0.15) is 5.82 Å². The first-order chi connectivity index (χ1) is 10.2. The van der Waals surface area contributed by atoms with E-state index in [0.29, 0.717) is 24.8 Å². The maximum absolute atomic E-state index is 5.78. The largest absolute Gasteiger partial charge is 0.490 e. The molecular formula is C17H23N3O. The molecule has 0 aliphatic rings. The smallest absolute Gasteiger partial charge is 0.160 e. The Balaban J connectivity index is 1.88. The van der Waals surface area contributed by atoms with Gasteiger partial charge >= 0.3 is 0 Å². The summed E-state index contributed by atoms with van der Waals surface area (Å²) in [7, 11) is 0. The summed E-state index contributed by atoms with van der Waals surface area (Å²) in [6.07, 6.45) is 3.71. The molecule has 2 N–H and O–H groups in total. The summed E-state index contributed by atoms with van der Waals surface area (Å²) in [5.74, 6) is 1.81. The van der Waals surface area contributed by atoms with Crippen LogP contribution >= 0.6 is 0 Å². The normalized spacial score (nSPS) is 10.9. The molecule has 0 radical (unpaired) electrons. The fourth-order valence-corrected chi connectivity index (χ4v) is 2.07. The highest BCUT2D eigenvalue weighted by Gasteiger charge is 2.09. The molecule has 0 aliphatic heterocycles. The minimum atomic E-state index is 0.294.